The minimum atomic E-state index is -0.984. The van der Waals surface area contributed by atoms with E-state index in [0.717, 1.165) is 5.69 Å². The van der Waals surface area contributed by atoms with E-state index in [-0.39, 0.29) is 23.1 Å². The van der Waals surface area contributed by atoms with Crippen molar-refractivity contribution in [1.82, 2.24) is 30.2 Å². The maximum atomic E-state index is 13.7. The van der Waals surface area contributed by atoms with E-state index in [4.69, 9.17) is 4.42 Å². The molecule has 184 valence electrons. The molecule has 2 aliphatic heterocycles. The van der Waals surface area contributed by atoms with Crippen LogP contribution in [0.15, 0.2) is 28.9 Å². The molecule has 4 rings (SSSR count). The summed E-state index contributed by atoms with van der Waals surface area (Å²) in [5.41, 5.74) is 0.0835. The molecule has 0 aromatic carbocycles. The fraction of sp³-hybridized carbons (Fsp3) is 0.583. The third kappa shape index (κ3) is 4.72. The summed E-state index contributed by atoms with van der Waals surface area (Å²) in [5.74, 6) is -0.265. The van der Waals surface area contributed by atoms with Gasteiger partial charge in [0.05, 0.1) is 12.0 Å². The van der Waals surface area contributed by atoms with Crippen LogP contribution in [-0.2, 0) is 17.3 Å². The number of hydrogen-bond donors (Lipinski definition) is 2. The van der Waals surface area contributed by atoms with Crippen molar-refractivity contribution >= 4 is 17.7 Å². The van der Waals surface area contributed by atoms with E-state index in [2.05, 4.69) is 15.7 Å². The number of nitrogens with zero attached hydrogens (tertiary/aromatic N) is 4. The zero-order chi connectivity index (χ0) is 24.5. The summed E-state index contributed by atoms with van der Waals surface area (Å²) in [6.45, 7) is 9.09. The van der Waals surface area contributed by atoms with Crippen molar-refractivity contribution < 1.29 is 18.8 Å². The van der Waals surface area contributed by atoms with Gasteiger partial charge in [-0.1, -0.05) is 20.8 Å². The standard InChI is InChI=1S/C24H34N6O4/c1-23(2,3)19-16-17(28(4)27-19)20(31)26-24(7-9-25-10-8-24)22(33)30-13-11-29(12-14-30)21(32)18-6-5-15-34-18/h5-6,15-16,25H,7-14H2,1-4H3,(H,26,31). The molecule has 34 heavy (non-hydrogen) atoms. The molecule has 2 fully saturated rings. The van der Waals surface area contributed by atoms with Gasteiger partial charge in [-0.3, -0.25) is 19.1 Å². The zero-order valence-electron chi connectivity index (χ0n) is 20.4. The molecular formula is C24H34N6O4. The topological polar surface area (TPSA) is 113 Å². The van der Waals surface area contributed by atoms with E-state index in [1.165, 1.54) is 6.26 Å². The molecular weight excluding hydrogens is 436 g/mol. The Hall–Kier alpha value is -3.14. The highest BCUT2D eigenvalue weighted by Crippen LogP contribution is 2.25. The number of rotatable bonds is 4. The van der Waals surface area contributed by atoms with E-state index in [9.17, 15) is 14.4 Å². The van der Waals surface area contributed by atoms with Crippen molar-refractivity contribution in [2.45, 2.75) is 44.6 Å². The van der Waals surface area contributed by atoms with Crippen LogP contribution in [0.1, 0.15) is 60.4 Å². The fourth-order valence-electron chi connectivity index (χ4n) is 4.54. The second-order valence-electron chi connectivity index (χ2n) is 10.1. The van der Waals surface area contributed by atoms with Gasteiger partial charge in [-0.25, -0.2) is 0 Å². The van der Waals surface area contributed by atoms with Gasteiger partial charge in [0.25, 0.3) is 11.8 Å². The summed E-state index contributed by atoms with van der Waals surface area (Å²) in [6.07, 6.45) is 2.49. The molecule has 0 spiro atoms. The first kappa shape index (κ1) is 24.0. The number of nitrogens with one attached hydrogen (secondary N) is 2. The molecule has 10 nitrogen and oxygen atoms in total. The highest BCUT2D eigenvalue weighted by atomic mass is 16.3. The van der Waals surface area contributed by atoms with Crippen LogP contribution in [0, 0.1) is 0 Å². The third-order valence-corrected chi connectivity index (χ3v) is 6.69. The molecule has 2 aliphatic rings. The van der Waals surface area contributed by atoms with E-state index in [0.29, 0.717) is 63.6 Å². The lowest BCUT2D eigenvalue weighted by Gasteiger charge is -2.43. The van der Waals surface area contributed by atoms with Crippen molar-refractivity contribution in [3.05, 3.63) is 41.6 Å². The van der Waals surface area contributed by atoms with Crippen LogP contribution >= 0.6 is 0 Å². The Kier molecular flexibility index (Phi) is 6.53. The molecule has 2 saturated heterocycles. The first-order valence-corrected chi connectivity index (χ1v) is 11.8. The summed E-state index contributed by atoms with van der Waals surface area (Å²) in [7, 11) is 1.75. The number of hydrogen-bond acceptors (Lipinski definition) is 6. The van der Waals surface area contributed by atoms with E-state index in [1.807, 2.05) is 20.8 Å². The normalized spacial score (nSPS) is 18.6. The van der Waals surface area contributed by atoms with Crippen LogP contribution in [0.3, 0.4) is 0 Å². The molecule has 10 heteroatoms. The van der Waals surface area contributed by atoms with Gasteiger partial charge in [0.15, 0.2) is 5.76 Å². The second kappa shape index (κ2) is 9.25. The maximum absolute atomic E-state index is 13.7. The number of piperazine rings is 1. The van der Waals surface area contributed by atoms with Gasteiger partial charge in [-0.15, -0.1) is 0 Å². The third-order valence-electron chi connectivity index (χ3n) is 6.69. The highest BCUT2D eigenvalue weighted by molar-refractivity contribution is 5.98. The van der Waals surface area contributed by atoms with Gasteiger partial charge in [0.2, 0.25) is 5.91 Å². The molecule has 2 aromatic rings. The summed E-state index contributed by atoms with van der Waals surface area (Å²) in [5, 5.41) is 10.9. The quantitative estimate of drug-likeness (QED) is 0.693. The lowest BCUT2D eigenvalue weighted by atomic mass is 9.86. The van der Waals surface area contributed by atoms with Crippen molar-refractivity contribution in [3.63, 3.8) is 0 Å². The maximum Gasteiger partial charge on any atom is 0.289 e. The smallest absolute Gasteiger partial charge is 0.289 e. The van der Waals surface area contributed by atoms with E-state index < -0.39 is 5.54 Å². The number of furan rings is 1. The molecule has 0 radical (unpaired) electrons. The van der Waals surface area contributed by atoms with E-state index in [1.54, 1.807) is 39.7 Å². The van der Waals surface area contributed by atoms with Gasteiger partial charge in [-0.2, -0.15) is 5.10 Å². The summed E-state index contributed by atoms with van der Waals surface area (Å²) < 4.78 is 6.80. The molecule has 0 atom stereocenters. The Labute approximate surface area is 199 Å². The lowest BCUT2D eigenvalue weighted by molar-refractivity contribution is -0.140. The predicted octanol–water partition coefficient (Wildman–Crippen LogP) is 1.15. The van der Waals surface area contributed by atoms with Crippen LogP contribution in [0.25, 0.3) is 0 Å². The first-order chi connectivity index (χ1) is 16.1. The van der Waals surface area contributed by atoms with Crippen molar-refractivity contribution in [1.29, 1.82) is 0 Å². The van der Waals surface area contributed by atoms with Gasteiger partial charge in [0, 0.05) is 38.6 Å². The molecule has 0 bridgehead atoms. The van der Waals surface area contributed by atoms with Crippen molar-refractivity contribution in [2.24, 2.45) is 7.05 Å². The summed E-state index contributed by atoms with van der Waals surface area (Å²) in [4.78, 5) is 43.1. The average Bonchev–Trinajstić information content (AvgIpc) is 3.49. The Morgan fingerprint density at radius 2 is 1.74 bits per heavy atom. The number of carbonyl (C=O) groups is 3. The molecule has 2 N–H and O–H groups in total. The molecule has 0 saturated carbocycles. The Morgan fingerprint density at radius 1 is 1.09 bits per heavy atom. The predicted molar refractivity (Wildman–Crippen MR) is 125 cm³/mol. The van der Waals surface area contributed by atoms with E-state index >= 15 is 0 Å². The first-order valence-electron chi connectivity index (χ1n) is 11.8. The second-order valence-corrected chi connectivity index (χ2v) is 10.1. The van der Waals surface area contributed by atoms with Gasteiger partial charge in [-0.05, 0) is 44.1 Å². The molecule has 3 amide bonds. The minimum absolute atomic E-state index is 0.0920. The van der Waals surface area contributed by atoms with Crippen molar-refractivity contribution in [3.8, 4) is 0 Å². The number of piperidine rings is 1. The zero-order valence-corrected chi connectivity index (χ0v) is 20.4. The Bertz CT molecular complexity index is 1040. The van der Waals surface area contributed by atoms with Gasteiger partial charge < -0.3 is 24.9 Å². The molecule has 0 unspecified atom stereocenters. The van der Waals surface area contributed by atoms with Crippen LogP contribution in [0.5, 0.6) is 0 Å². The SMILES string of the molecule is Cn1nc(C(C)(C)C)cc1C(=O)NC1(C(=O)N2CCN(C(=O)c3ccco3)CC2)CCNCC1. The van der Waals surface area contributed by atoms with Gasteiger partial charge in [0.1, 0.15) is 11.2 Å². The Balaban J connectivity index is 1.47. The van der Waals surface area contributed by atoms with Crippen molar-refractivity contribution in [2.75, 3.05) is 39.3 Å². The largest absolute Gasteiger partial charge is 0.459 e. The fourth-order valence-corrected chi connectivity index (χ4v) is 4.54. The number of carbonyl (C=O) groups excluding carboxylic acids is 3. The highest BCUT2D eigenvalue weighted by Gasteiger charge is 2.44. The van der Waals surface area contributed by atoms with Crippen LogP contribution in [0.4, 0.5) is 0 Å². The Morgan fingerprint density at radius 3 is 2.29 bits per heavy atom. The van der Waals surface area contributed by atoms with Gasteiger partial charge >= 0.3 is 0 Å². The minimum Gasteiger partial charge on any atom is -0.459 e. The number of aryl methyl sites for hydroxylation is 1. The molecule has 4 heterocycles. The summed E-state index contributed by atoms with van der Waals surface area (Å²) in [6, 6.07) is 5.12. The molecule has 0 aliphatic carbocycles. The number of amides is 3. The monoisotopic (exact) mass is 470 g/mol. The van der Waals surface area contributed by atoms with Crippen LogP contribution < -0.4 is 10.6 Å². The molecule has 2 aromatic heterocycles. The lowest BCUT2D eigenvalue weighted by Crippen LogP contribution is -2.65. The number of aromatic nitrogens is 2. The van der Waals surface area contributed by atoms with Crippen LogP contribution in [-0.4, -0.2) is 82.1 Å². The average molecular weight is 471 g/mol. The van der Waals surface area contributed by atoms with Crippen LogP contribution in [0.2, 0.25) is 0 Å². The summed E-state index contributed by atoms with van der Waals surface area (Å²) >= 11 is 0.